The fraction of sp³-hybridized carbons (Fsp3) is 0.424. The lowest BCUT2D eigenvalue weighted by Gasteiger charge is -2.40. The average Bonchev–Trinajstić information content (AvgIpc) is 3.60. The van der Waals surface area contributed by atoms with Crippen molar-refractivity contribution in [3.05, 3.63) is 80.1 Å². The Bertz CT molecular complexity index is 1690. The number of halogens is 3. The van der Waals surface area contributed by atoms with Crippen molar-refractivity contribution in [2.75, 3.05) is 24.6 Å². The number of benzene rings is 2. The highest BCUT2D eigenvalue weighted by atomic mass is 35.5. The van der Waals surface area contributed by atoms with Crippen LogP contribution in [-0.2, 0) is 16.9 Å². The zero-order valence-electron chi connectivity index (χ0n) is 25.4. The molecule has 9 nitrogen and oxygen atoms in total. The molecule has 1 N–H and O–H groups in total. The van der Waals surface area contributed by atoms with E-state index in [1.165, 1.54) is 0 Å². The molecule has 0 unspecified atom stereocenters. The van der Waals surface area contributed by atoms with Gasteiger partial charge in [-0.15, -0.1) is 0 Å². The number of aliphatic hydroxyl groups is 1. The molecule has 238 valence electrons. The summed E-state index contributed by atoms with van der Waals surface area (Å²) in [5, 5.41) is 21.9. The summed E-state index contributed by atoms with van der Waals surface area (Å²) in [6.07, 6.45) is 2.94. The molecule has 1 aliphatic carbocycles. The molecule has 1 saturated heterocycles. The summed E-state index contributed by atoms with van der Waals surface area (Å²) < 4.78 is 18.9. The first-order chi connectivity index (χ1) is 21.6. The van der Waals surface area contributed by atoms with E-state index in [4.69, 9.17) is 48.8 Å². The second-order valence-corrected chi connectivity index (χ2v) is 13.1. The van der Waals surface area contributed by atoms with E-state index in [0.29, 0.717) is 69.5 Å². The molecule has 1 aliphatic heterocycles. The third-order valence-electron chi connectivity index (χ3n) is 8.40. The molecule has 0 bridgehead atoms. The van der Waals surface area contributed by atoms with Crippen molar-refractivity contribution in [1.82, 2.24) is 14.9 Å². The van der Waals surface area contributed by atoms with E-state index in [0.717, 1.165) is 30.0 Å². The normalized spacial score (nSPS) is 16.3. The van der Waals surface area contributed by atoms with Crippen molar-refractivity contribution >= 4 is 46.6 Å². The van der Waals surface area contributed by atoms with Crippen LogP contribution in [0.4, 0.5) is 5.82 Å². The van der Waals surface area contributed by atoms with Crippen molar-refractivity contribution in [3.63, 3.8) is 0 Å². The van der Waals surface area contributed by atoms with Gasteiger partial charge in [0.05, 0.1) is 32.8 Å². The first-order valence-electron chi connectivity index (χ1n) is 15.2. The van der Waals surface area contributed by atoms with Crippen molar-refractivity contribution in [2.45, 2.75) is 70.6 Å². The smallest absolute Gasteiger partial charge is 0.358 e. The zero-order chi connectivity index (χ0) is 31.9. The largest absolute Gasteiger partial charge is 0.489 e. The molecule has 0 spiro atoms. The second kappa shape index (κ2) is 12.9. The first kappa shape index (κ1) is 31.7. The van der Waals surface area contributed by atoms with Gasteiger partial charge in [0.2, 0.25) is 0 Å². The molecule has 12 heteroatoms. The van der Waals surface area contributed by atoms with Crippen LogP contribution in [-0.4, -0.2) is 45.7 Å². The SMILES string of the molecule is CCOC(=O)c1cc(N2CCC(O)(c3ccc(OCc4c(-c5c(Cl)cccc5Cl)noc4C4CC4)cc3Cl)CC2)n(C(C)C)n1. The molecule has 2 fully saturated rings. The highest BCUT2D eigenvalue weighted by Crippen LogP contribution is 2.46. The summed E-state index contributed by atoms with van der Waals surface area (Å²) in [6.45, 7) is 7.37. The van der Waals surface area contributed by atoms with Crippen LogP contribution in [0.3, 0.4) is 0 Å². The van der Waals surface area contributed by atoms with Gasteiger partial charge in [-0.2, -0.15) is 5.10 Å². The summed E-state index contributed by atoms with van der Waals surface area (Å²) in [5.74, 6) is 2.02. The van der Waals surface area contributed by atoms with E-state index in [9.17, 15) is 9.90 Å². The number of carbonyl (C=O) groups is 1. The lowest BCUT2D eigenvalue weighted by molar-refractivity contribution is 0.0115. The molecular formula is C33H35Cl3N4O5. The van der Waals surface area contributed by atoms with Crippen molar-refractivity contribution in [3.8, 4) is 17.0 Å². The molecule has 45 heavy (non-hydrogen) atoms. The van der Waals surface area contributed by atoms with Gasteiger partial charge < -0.3 is 24.0 Å². The molecular weight excluding hydrogens is 639 g/mol. The van der Waals surface area contributed by atoms with E-state index in [-0.39, 0.29) is 24.9 Å². The van der Waals surface area contributed by atoms with E-state index < -0.39 is 11.6 Å². The van der Waals surface area contributed by atoms with Gasteiger partial charge >= 0.3 is 5.97 Å². The van der Waals surface area contributed by atoms with Crippen LogP contribution in [0.2, 0.25) is 15.1 Å². The Morgan fingerprint density at radius 1 is 1.09 bits per heavy atom. The van der Waals surface area contributed by atoms with Gasteiger partial charge in [0.1, 0.15) is 29.6 Å². The lowest BCUT2D eigenvalue weighted by atomic mass is 9.84. The Morgan fingerprint density at radius 3 is 2.42 bits per heavy atom. The summed E-state index contributed by atoms with van der Waals surface area (Å²) in [5.41, 5.74) is 1.80. The summed E-state index contributed by atoms with van der Waals surface area (Å²) >= 11 is 19.8. The first-order valence-corrected chi connectivity index (χ1v) is 16.3. The van der Waals surface area contributed by atoms with Gasteiger partial charge in [-0.1, -0.05) is 52.1 Å². The van der Waals surface area contributed by atoms with E-state index in [2.05, 4.69) is 15.2 Å². The fourth-order valence-corrected chi connectivity index (χ4v) is 6.77. The van der Waals surface area contributed by atoms with Gasteiger partial charge in [0, 0.05) is 42.2 Å². The average molecular weight is 674 g/mol. The van der Waals surface area contributed by atoms with Crippen molar-refractivity contribution in [1.29, 1.82) is 0 Å². The van der Waals surface area contributed by atoms with E-state index in [1.807, 2.05) is 30.7 Å². The lowest BCUT2D eigenvalue weighted by Crippen LogP contribution is -2.43. The molecule has 4 aromatic rings. The fourth-order valence-electron chi connectivity index (χ4n) is 5.85. The molecule has 2 aliphatic rings. The number of ether oxygens (including phenoxy) is 2. The number of piperidine rings is 1. The molecule has 2 aromatic carbocycles. The quantitative estimate of drug-likeness (QED) is 0.168. The van der Waals surface area contributed by atoms with Gasteiger partial charge in [0.25, 0.3) is 0 Å². The number of anilines is 1. The third kappa shape index (κ3) is 6.41. The summed E-state index contributed by atoms with van der Waals surface area (Å²) in [7, 11) is 0. The van der Waals surface area contributed by atoms with E-state index >= 15 is 0 Å². The maximum atomic E-state index is 12.3. The Morgan fingerprint density at radius 2 is 1.80 bits per heavy atom. The zero-order valence-corrected chi connectivity index (χ0v) is 27.6. The molecule has 0 amide bonds. The van der Waals surface area contributed by atoms with Crippen LogP contribution < -0.4 is 9.64 Å². The van der Waals surface area contributed by atoms with Crippen LogP contribution in [0.15, 0.2) is 47.0 Å². The van der Waals surface area contributed by atoms with Crippen molar-refractivity contribution in [2.24, 2.45) is 0 Å². The minimum absolute atomic E-state index is 0.0434. The minimum Gasteiger partial charge on any atom is -0.489 e. The standard InChI is InChI=1S/C33H35Cl3N4O5/c1-4-43-32(41)27-17-28(40(37-27)19(2)3)39-14-12-33(42,13-15-39)23-11-10-21(16-26(23)36)44-18-22-30(38-45-31(22)20-8-9-20)29-24(34)6-5-7-25(29)35/h5-7,10-11,16-17,19-20,42H,4,8-9,12-15,18H2,1-3H3. The number of rotatable bonds is 10. The van der Waals surface area contributed by atoms with Gasteiger partial charge in [-0.25, -0.2) is 9.48 Å². The predicted molar refractivity (Wildman–Crippen MR) is 174 cm³/mol. The van der Waals surface area contributed by atoms with Crippen molar-refractivity contribution < 1.29 is 23.9 Å². The van der Waals surface area contributed by atoms with Crippen LogP contribution >= 0.6 is 34.8 Å². The van der Waals surface area contributed by atoms with Crippen LogP contribution in [0.25, 0.3) is 11.3 Å². The molecule has 6 rings (SSSR count). The number of hydrogen-bond donors (Lipinski definition) is 1. The minimum atomic E-state index is -1.12. The Labute approximate surface area is 276 Å². The second-order valence-electron chi connectivity index (χ2n) is 11.8. The molecule has 2 aromatic heterocycles. The highest BCUT2D eigenvalue weighted by molar-refractivity contribution is 6.39. The van der Waals surface area contributed by atoms with Gasteiger partial charge in [0.15, 0.2) is 5.69 Å². The number of esters is 1. The summed E-state index contributed by atoms with van der Waals surface area (Å²) in [6, 6.07) is 12.5. The Hall–Kier alpha value is -3.24. The number of aromatic nitrogens is 3. The summed E-state index contributed by atoms with van der Waals surface area (Å²) in [4.78, 5) is 14.5. The Balaban J connectivity index is 1.17. The molecule has 0 radical (unpaired) electrons. The van der Waals surface area contributed by atoms with Crippen LogP contribution in [0, 0.1) is 0 Å². The van der Waals surface area contributed by atoms with Gasteiger partial charge in [-0.3, -0.25) is 0 Å². The van der Waals surface area contributed by atoms with Crippen LogP contribution in [0.5, 0.6) is 5.75 Å². The predicted octanol–water partition coefficient (Wildman–Crippen LogP) is 8.20. The number of hydrogen-bond acceptors (Lipinski definition) is 8. The third-order valence-corrected chi connectivity index (χ3v) is 9.34. The molecule has 3 heterocycles. The number of carbonyl (C=O) groups excluding carboxylic acids is 1. The topological polar surface area (TPSA) is 103 Å². The maximum absolute atomic E-state index is 12.3. The van der Waals surface area contributed by atoms with Crippen LogP contribution in [0.1, 0.15) is 85.8 Å². The number of nitrogens with zero attached hydrogens (tertiary/aromatic N) is 4. The Kier molecular flexibility index (Phi) is 9.07. The highest BCUT2D eigenvalue weighted by Gasteiger charge is 2.37. The maximum Gasteiger partial charge on any atom is 0.358 e. The van der Waals surface area contributed by atoms with Gasteiger partial charge in [-0.05, 0) is 70.7 Å². The molecule has 0 atom stereocenters. The van der Waals surface area contributed by atoms with E-state index in [1.54, 1.807) is 37.3 Å². The monoisotopic (exact) mass is 672 g/mol. The molecule has 1 saturated carbocycles.